The molecular formula is C17H20N2O. The number of carbonyl (C=O) groups excluding carboxylic acids is 1. The van der Waals surface area contributed by atoms with Crippen LogP contribution in [0.5, 0.6) is 0 Å². The van der Waals surface area contributed by atoms with Crippen LogP contribution in [0.25, 0.3) is 10.8 Å². The van der Waals surface area contributed by atoms with Crippen molar-refractivity contribution in [2.45, 2.75) is 25.7 Å². The SMILES string of the molecule is O=C(NCC1CCCC1)Nc1cccc2ccccc12. The van der Waals surface area contributed by atoms with Crippen LogP contribution in [0.3, 0.4) is 0 Å². The van der Waals surface area contributed by atoms with Crippen LogP contribution < -0.4 is 10.6 Å². The molecule has 0 unspecified atom stereocenters. The number of fused-ring (bicyclic) bond motifs is 1. The van der Waals surface area contributed by atoms with Crippen molar-refractivity contribution in [1.29, 1.82) is 0 Å². The van der Waals surface area contributed by atoms with Gasteiger partial charge in [-0.1, -0.05) is 49.2 Å². The molecule has 0 saturated heterocycles. The molecule has 2 aromatic carbocycles. The lowest BCUT2D eigenvalue weighted by Gasteiger charge is -2.13. The second-order valence-corrected chi connectivity index (χ2v) is 5.51. The van der Waals surface area contributed by atoms with E-state index in [4.69, 9.17) is 0 Å². The van der Waals surface area contributed by atoms with Gasteiger partial charge in [0.05, 0.1) is 5.69 Å². The Morgan fingerprint density at radius 3 is 2.65 bits per heavy atom. The molecule has 3 nitrogen and oxygen atoms in total. The largest absolute Gasteiger partial charge is 0.338 e. The molecular weight excluding hydrogens is 248 g/mol. The molecule has 0 bridgehead atoms. The lowest BCUT2D eigenvalue weighted by molar-refractivity contribution is 0.250. The van der Waals surface area contributed by atoms with Gasteiger partial charge in [0.15, 0.2) is 0 Å². The zero-order valence-electron chi connectivity index (χ0n) is 11.6. The van der Waals surface area contributed by atoms with Gasteiger partial charge in [-0.2, -0.15) is 0 Å². The Balaban J connectivity index is 1.65. The van der Waals surface area contributed by atoms with E-state index >= 15 is 0 Å². The minimum Gasteiger partial charge on any atom is -0.338 e. The number of hydrogen-bond acceptors (Lipinski definition) is 1. The molecule has 1 aliphatic carbocycles. The standard InChI is InChI=1S/C17H20N2O/c20-17(18-12-13-6-1-2-7-13)19-16-11-5-9-14-8-3-4-10-15(14)16/h3-5,8-11,13H,1-2,6-7,12H2,(H2,18,19,20). The van der Waals surface area contributed by atoms with Crippen molar-refractivity contribution in [2.24, 2.45) is 5.92 Å². The Morgan fingerprint density at radius 1 is 1.05 bits per heavy atom. The van der Waals surface area contributed by atoms with Gasteiger partial charge in [-0.15, -0.1) is 0 Å². The molecule has 2 N–H and O–H groups in total. The van der Waals surface area contributed by atoms with Crippen LogP contribution in [0.15, 0.2) is 42.5 Å². The van der Waals surface area contributed by atoms with E-state index < -0.39 is 0 Å². The third kappa shape index (κ3) is 2.93. The van der Waals surface area contributed by atoms with E-state index in [1.807, 2.05) is 30.3 Å². The monoisotopic (exact) mass is 268 g/mol. The minimum atomic E-state index is -0.103. The molecule has 104 valence electrons. The summed E-state index contributed by atoms with van der Waals surface area (Å²) in [5.74, 6) is 0.660. The number of anilines is 1. The predicted octanol–water partition coefficient (Wildman–Crippen LogP) is 4.15. The third-order valence-electron chi connectivity index (χ3n) is 4.06. The Morgan fingerprint density at radius 2 is 1.80 bits per heavy atom. The molecule has 2 aromatic rings. The van der Waals surface area contributed by atoms with Gasteiger partial charge in [0.1, 0.15) is 0 Å². The van der Waals surface area contributed by atoms with Crippen LogP contribution in [0.4, 0.5) is 10.5 Å². The molecule has 0 spiro atoms. The van der Waals surface area contributed by atoms with E-state index in [1.165, 1.54) is 25.7 Å². The van der Waals surface area contributed by atoms with Gasteiger partial charge in [-0.05, 0) is 30.2 Å². The maximum Gasteiger partial charge on any atom is 0.319 e. The number of rotatable bonds is 3. The molecule has 20 heavy (non-hydrogen) atoms. The van der Waals surface area contributed by atoms with Crippen LogP contribution in [0.1, 0.15) is 25.7 Å². The quantitative estimate of drug-likeness (QED) is 0.862. The van der Waals surface area contributed by atoms with E-state index in [2.05, 4.69) is 22.8 Å². The van der Waals surface area contributed by atoms with Crippen molar-refractivity contribution in [3.63, 3.8) is 0 Å². The maximum atomic E-state index is 12.0. The van der Waals surface area contributed by atoms with E-state index in [0.29, 0.717) is 5.92 Å². The summed E-state index contributed by atoms with van der Waals surface area (Å²) in [7, 11) is 0. The maximum absolute atomic E-state index is 12.0. The highest BCUT2D eigenvalue weighted by molar-refractivity contribution is 6.01. The summed E-state index contributed by atoms with van der Waals surface area (Å²) >= 11 is 0. The van der Waals surface area contributed by atoms with E-state index in [9.17, 15) is 4.79 Å². The van der Waals surface area contributed by atoms with E-state index in [1.54, 1.807) is 0 Å². The first-order valence-corrected chi connectivity index (χ1v) is 7.35. The molecule has 1 saturated carbocycles. The minimum absolute atomic E-state index is 0.103. The van der Waals surface area contributed by atoms with E-state index in [-0.39, 0.29) is 6.03 Å². The molecule has 1 fully saturated rings. The van der Waals surface area contributed by atoms with Crippen LogP contribution in [0, 0.1) is 5.92 Å². The second-order valence-electron chi connectivity index (χ2n) is 5.51. The number of nitrogens with one attached hydrogen (secondary N) is 2. The average molecular weight is 268 g/mol. The summed E-state index contributed by atoms with van der Waals surface area (Å²) in [6.07, 6.45) is 5.09. The number of carbonyl (C=O) groups is 1. The van der Waals surface area contributed by atoms with Crippen molar-refractivity contribution >= 4 is 22.5 Å². The summed E-state index contributed by atoms with van der Waals surface area (Å²) in [4.78, 5) is 12.0. The van der Waals surface area contributed by atoms with Crippen LogP contribution >= 0.6 is 0 Å². The summed E-state index contributed by atoms with van der Waals surface area (Å²) in [6.45, 7) is 0.788. The molecule has 0 radical (unpaired) electrons. The van der Waals surface area contributed by atoms with Crippen molar-refractivity contribution in [2.75, 3.05) is 11.9 Å². The Kier molecular flexibility index (Phi) is 3.86. The zero-order valence-corrected chi connectivity index (χ0v) is 11.6. The smallest absolute Gasteiger partial charge is 0.319 e. The Hall–Kier alpha value is -2.03. The van der Waals surface area contributed by atoms with Gasteiger partial charge in [-0.3, -0.25) is 0 Å². The highest BCUT2D eigenvalue weighted by atomic mass is 16.2. The van der Waals surface area contributed by atoms with Crippen molar-refractivity contribution in [3.8, 4) is 0 Å². The lowest BCUT2D eigenvalue weighted by Crippen LogP contribution is -2.32. The van der Waals surface area contributed by atoms with Crippen LogP contribution in [0.2, 0.25) is 0 Å². The fourth-order valence-corrected chi connectivity index (χ4v) is 2.95. The molecule has 0 aliphatic heterocycles. The Bertz CT molecular complexity index is 597. The third-order valence-corrected chi connectivity index (χ3v) is 4.06. The van der Waals surface area contributed by atoms with Crippen molar-refractivity contribution < 1.29 is 4.79 Å². The van der Waals surface area contributed by atoms with Gasteiger partial charge in [-0.25, -0.2) is 4.79 Å². The van der Waals surface area contributed by atoms with Gasteiger partial charge >= 0.3 is 6.03 Å². The van der Waals surface area contributed by atoms with Crippen molar-refractivity contribution in [3.05, 3.63) is 42.5 Å². The Labute approximate surface area is 119 Å². The normalized spacial score (nSPS) is 15.4. The van der Waals surface area contributed by atoms with Gasteiger partial charge < -0.3 is 10.6 Å². The fourth-order valence-electron chi connectivity index (χ4n) is 2.95. The first-order chi connectivity index (χ1) is 9.83. The first kappa shape index (κ1) is 13.0. The molecule has 3 heteroatoms. The summed E-state index contributed by atoms with van der Waals surface area (Å²) in [5, 5.41) is 8.16. The molecule has 0 atom stereocenters. The topological polar surface area (TPSA) is 41.1 Å². The van der Waals surface area contributed by atoms with Crippen LogP contribution in [-0.2, 0) is 0 Å². The lowest BCUT2D eigenvalue weighted by atomic mass is 10.1. The van der Waals surface area contributed by atoms with Gasteiger partial charge in [0.2, 0.25) is 0 Å². The number of hydrogen-bond donors (Lipinski definition) is 2. The number of amides is 2. The average Bonchev–Trinajstić information content (AvgIpc) is 2.99. The summed E-state index contributed by atoms with van der Waals surface area (Å²) < 4.78 is 0. The molecule has 2 amide bonds. The van der Waals surface area contributed by atoms with Gasteiger partial charge in [0.25, 0.3) is 0 Å². The zero-order chi connectivity index (χ0) is 13.8. The molecule has 1 aliphatic rings. The number of urea groups is 1. The van der Waals surface area contributed by atoms with Crippen molar-refractivity contribution in [1.82, 2.24) is 5.32 Å². The van der Waals surface area contributed by atoms with Gasteiger partial charge in [0, 0.05) is 11.9 Å². The first-order valence-electron chi connectivity index (χ1n) is 7.35. The van der Waals surface area contributed by atoms with Crippen LogP contribution in [-0.4, -0.2) is 12.6 Å². The molecule has 0 aromatic heterocycles. The predicted molar refractivity (Wildman–Crippen MR) is 82.9 cm³/mol. The number of benzene rings is 2. The molecule has 3 rings (SSSR count). The molecule has 0 heterocycles. The highest BCUT2D eigenvalue weighted by Crippen LogP contribution is 2.24. The summed E-state index contributed by atoms with van der Waals surface area (Å²) in [5.41, 5.74) is 0.868. The summed E-state index contributed by atoms with van der Waals surface area (Å²) in [6, 6.07) is 13.9. The second kappa shape index (κ2) is 5.95. The highest BCUT2D eigenvalue weighted by Gasteiger charge is 2.15. The van der Waals surface area contributed by atoms with E-state index in [0.717, 1.165) is 23.0 Å². The fraction of sp³-hybridized carbons (Fsp3) is 0.353.